The molecule has 2 aliphatic rings. The second-order valence-corrected chi connectivity index (χ2v) is 13.0. The molecule has 0 unspecified atom stereocenters. The number of carbonyl (C=O) groups excluding carboxylic acids is 4. The number of methoxy groups -OCH3 is 4. The molecule has 0 aliphatic carbocycles. The molecule has 12 nitrogen and oxygen atoms in total. The van der Waals surface area contributed by atoms with Crippen LogP contribution in [0.2, 0.25) is 0 Å². The van der Waals surface area contributed by atoms with Crippen molar-refractivity contribution in [3.05, 3.63) is 69.3 Å². The van der Waals surface area contributed by atoms with Crippen LogP contribution in [0.15, 0.2) is 24.3 Å². The normalized spacial score (nSPS) is 12.6. The van der Waals surface area contributed by atoms with Crippen LogP contribution >= 0.6 is 0 Å². The van der Waals surface area contributed by atoms with Crippen molar-refractivity contribution in [3.8, 4) is 0 Å². The quantitative estimate of drug-likeness (QED) is 0.149. The molecule has 2 N–H and O–H groups in total. The summed E-state index contributed by atoms with van der Waals surface area (Å²) in [6.07, 6.45) is 2.43. The van der Waals surface area contributed by atoms with Crippen LogP contribution < -0.4 is 0 Å². The Morgan fingerprint density at radius 1 is 0.481 bits per heavy atom. The first kappa shape index (κ1) is 37.7. The molecule has 0 atom stereocenters. The highest BCUT2D eigenvalue weighted by atomic mass is 16.5. The van der Waals surface area contributed by atoms with Gasteiger partial charge in [-0.2, -0.15) is 0 Å². The first-order valence-corrected chi connectivity index (χ1v) is 17.3. The Kier molecular flexibility index (Phi) is 11.8. The van der Waals surface area contributed by atoms with E-state index in [0.717, 1.165) is 78.0 Å². The van der Waals surface area contributed by atoms with Gasteiger partial charge in [-0.05, 0) is 122 Å². The van der Waals surface area contributed by atoms with Crippen LogP contribution in [-0.2, 0) is 51.0 Å². The van der Waals surface area contributed by atoms with E-state index in [9.17, 15) is 19.2 Å². The number of fused-ring (bicyclic) bond motifs is 8. The van der Waals surface area contributed by atoms with Crippen molar-refractivity contribution in [1.82, 2.24) is 19.9 Å². The molecule has 0 spiro atoms. The summed E-state index contributed by atoms with van der Waals surface area (Å²) in [4.78, 5) is 66.5. The minimum Gasteiger partial charge on any atom is -0.469 e. The SMILES string of the molecule is COC(=O)CCC1=C(C)c2cc3[nH]c(cc4nc(cc5[nH]c(cc1n2)c(C)c5CCC(=O)OC)C(CCC(=O)OC)=C4C)c(C)c3CCC(=O)OC. The minimum absolute atomic E-state index is 0.179. The second kappa shape index (κ2) is 16.2. The smallest absolute Gasteiger partial charge is 0.305 e. The van der Waals surface area contributed by atoms with Crippen LogP contribution in [0, 0.1) is 13.8 Å². The van der Waals surface area contributed by atoms with Crippen LogP contribution in [0.1, 0.15) is 97.4 Å². The Balaban J connectivity index is 1.87. The summed E-state index contributed by atoms with van der Waals surface area (Å²) >= 11 is 0. The molecule has 0 fully saturated rings. The number of aryl methyl sites for hydroxylation is 4. The largest absolute Gasteiger partial charge is 0.469 e. The summed E-state index contributed by atoms with van der Waals surface area (Å²) in [6, 6.07) is 7.92. The van der Waals surface area contributed by atoms with E-state index >= 15 is 0 Å². The lowest BCUT2D eigenvalue weighted by Crippen LogP contribution is -2.02. The Labute approximate surface area is 302 Å². The Morgan fingerprint density at radius 2 is 0.788 bits per heavy atom. The molecule has 5 heterocycles. The summed E-state index contributed by atoms with van der Waals surface area (Å²) in [6.45, 7) is 7.98. The number of rotatable bonds is 12. The van der Waals surface area contributed by atoms with Gasteiger partial charge in [-0.25, -0.2) is 9.97 Å². The van der Waals surface area contributed by atoms with Crippen molar-refractivity contribution in [2.45, 2.75) is 79.1 Å². The maximum atomic E-state index is 12.3. The molecule has 12 heteroatoms. The van der Waals surface area contributed by atoms with Crippen molar-refractivity contribution in [1.29, 1.82) is 0 Å². The number of ether oxygens (including phenoxy) is 4. The topological polar surface area (TPSA) is 163 Å². The molecule has 5 rings (SSSR count). The fourth-order valence-electron chi connectivity index (χ4n) is 6.81. The fourth-order valence-corrected chi connectivity index (χ4v) is 6.81. The van der Waals surface area contributed by atoms with Crippen LogP contribution in [0.25, 0.3) is 44.4 Å². The number of nitrogens with zero attached hydrogens (tertiary/aromatic N) is 2. The third-order valence-electron chi connectivity index (χ3n) is 10.0. The van der Waals surface area contributed by atoms with Gasteiger partial charge in [0.05, 0.1) is 51.2 Å². The average Bonchev–Trinajstić information content (AvgIpc) is 3.80. The van der Waals surface area contributed by atoms with Gasteiger partial charge in [0.15, 0.2) is 0 Å². The zero-order chi connectivity index (χ0) is 37.7. The molecule has 8 bridgehead atoms. The van der Waals surface area contributed by atoms with Crippen molar-refractivity contribution < 1.29 is 38.1 Å². The molecule has 3 aromatic heterocycles. The van der Waals surface area contributed by atoms with E-state index in [1.54, 1.807) is 0 Å². The number of esters is 4. The number of aromatic nitrogens is 4. The van der Waals surface area contributed by atoms with Crippen molar-refractivity contribution in [2.24, 2.45) is 0 Å². The van der Waals surface area contributed by atoms with Crippen molar-refractivity contribution in [3.63, 3.8) is 0 Å². The van der Waals surface area contributed by atoms with Gasteiger partial charge in [0.25, 0.3) is 0 Å². The molecule has 2 aliphatic heterocycles. The number of aromatic amines is 2. The van der Waals surface area contributed by atoms with Crippen LogP contribution in [0.3, 0.4) is 0 Å². The number of hydrogen-bond donors (Lipinski definition) is 2. The number of carbonyl (C=O) groups is 4. The third-order valence-corrected chi connectivity index (χ3v) is 10.0. The number of hydrogen-bond acceptors (Lipinski definition) is 10. The van der Waals surface area contributed by atoms with Gasteiger partial charge in [-0.3, -0.25) is 19.2 Å². The molecule has 0 radical (unpaired) electrons. The van der Waals surface area contributed by atoms with Gasteiger partial charge in [0, 0.05) is 47.8 Å². The first-order chi connectivity index (χ1) is 24.9. The number of nitrogens with one attached hydrogen (secondary N) is 2. The van der Waals surface area contributed by atoms with E-state index in [2.05, 4.69) is 9.97 Å². The summed E-state index contributed by atoms with van der Waals surface area (Å²) in [5.74, 6) is -1.27. The molecule has 52 heavy (non-hydrogen) atoms. The highest BCUT2D eigenvalue weighted by Gasteiger charge is 2.22. The maximum Gasteiger partial charge on any atom is 0.305 e. The van der Waals surface area contributed by atoms with Crippen molar-refractivity contribution >= 4 is 68.2 Å². The highest BCUT2D eigenvalue weighted by molar-refractivity contribution is 5.96. The Hall–Kier alpha value is -5.52. The zero-order valence-corrected chi connectivity index (χ0v) is 31.1. The third kappa shape index (κ3) is 8.01. The zero-order valence-electron chi connectivity index (χ0n) is 31.1. The van der Waals surface area contributed by atoms with E-state index in [1.165, 1.54) is 28.4 Å². The first-order valence-electron chi connectivity index (χ1n) is 17.3. The molecule has 0 amide bonds. The molecule has 274 valence electrons. The van der Waals surface area contributed by atoms with Gasteiger partial charge < -0.3 is 28.9 Å². The van der Waals surface area contributed by atoms with Crippen molar-refractivity contribution in [2.75, 3.05) is 28.4 Å². The fraction of sp³-hybridized carbons (Fsp3) is 0.400. The predicted octanol–water partition coefficient (Wildman–Crippen LogP) is 6.91. The number of H-pyrrole nitrogens is 2. The Morgan fingerprint density at radius 3 is 1.15 bits per heavy atom. The maximum absolute atomic E-state index is 12.3. The summed E-state index contributed by atoms with van der Waals surface area (Å²) in [5.41, 5.74) is 13.5. The van der Waals surface area contributed by atoms with Gasteiger partial charge in [-0.15, -0.1) is 0 Å². The van der Waals surface area contributed by atoms with Crippen LogP contribution in [0.5, 0.6) is 0 Å². The summed E-state index contributed by atoms with van der Waals surface area (Å²) in [7, 11) is 5.50. The lowest BCUT2D eigenvalue weighted by Gasteiger charge is -2.04. The molecule has 0 saturated heterocycles. The summed E-state index contributed by atoms with van der Waals surface area (Å²) < 4.78 is 19.8. The number of allylic oxidation sites excluding steroid dienone is 4. The van der Waals surface area contributed by atoms with E-state index in [1.807, 2.05) is 52.0 Å². The Bertz CT molecular complexity index is 2170. The van der Waals surface area contributed by atoms with E-state index in [0.29, 0.717) is 37.1 Å². The van der Waals surface area contributed by atoms with Gasteiger partial charge in [0.2, 0.25) is 0 Å². The summed E-state index contributed by atoms with van der Waals surface area (Å²) in [5, 5.41) is 0. The van der Waals surface area contributed by atoms with Gasteiger partial charge in [0.1, 0.15) is 0 Å². The van der Waals surface area contributed by atoms with Gasteiger partial charge in [-0.1, -0.05) is 0 Å². The minimum atomic E-state index is -0.322. The van der Waals surface area contributed by atoms with E-state index in [4.69, 9.17) is 28.9 Å². The molecule has 0 aromatic carbocycles. The standard InChI is InChI=1S/C40H46N4O8/c1-21-25(9-13-37(45)49-5)33-18-31-23(3)26(10-14-38(46)50-6)34(43-31)19-32-24(4)28(12-16-40(48)52-8)36(44-32)20-35-27(11-15-39(47)51-7)22(2)30(42-35)17-29(21)41-33/h17-20,41,44H,9-16H2,1-8H3. The van der Waals surface area contributed by atoms with Crippen LogP contribution in [0.4, 0.5) is 0 Å². The molecule has 0 saturated carbocycles. The van der Waals surface area contributed by atoms with E-state index < -0.39 is 0 Å². The molecular weight excluding hydrogens is 664 g/mol. The van der Waals surface area contributed by atoms with E-state index in [-0.39, 0.29) is 49.6 Å². The predicted molar refractivity (Wildman–Crippen MR) is 199 cm³/mol. The van der Waals surface area contributed by atoms with Gasteiger partial charge >= 0.3 is 23.9 Å². The second-order valence-electron chi connectivity index (χ2n) is 13.0. The molecule has 3 aromatic rings. The van der Waals surface area contributed by atoms with Crippen LogP contribution in [-0.4, -0.2) is 72.3 Å². The lowest BCUT2D eigenvalue weighted by molar-refractivity contribution is -0.141. The highest BCUT2D eigenvalue weighted by Crippen LogP contribution is 2.37. The lowest BCUT2D eigenvalue weighted by atomic mass is 9.99. The molecular formula is C40H46N4O8. The average molecular weight is 711 g/mol. The monoisotopic (exact) mass is 710 g/mol.